The maximum Gasteiger partial charge on any atom is 0.339 e. The predicted molar refractivity (Wildman–Crippen MR) is 91.9 cm³/mol. The molecule has 8 heteroatoms. The number of nitrogens with zero attached hydrogens (tertiary/aromatic N) is 2. The van der Waals surface area contributed by atoms with E-state index >= 15 is 0 Å². The number of carbonyl (C=O) groups excluding carboxylic acids is 1. The number of aryl methyl sites for hydroxylation is 1. The van der Waals surface area contributed by atoms with E-state index in [1.807, 2.05) is 0 Å². The summed E-state index contributed by atoms with van der Waals surface area (Å²) in [6.07, 6.45) is 2.69. The number of amides is 1. The minimum atomic E-state index is -0.956. The smallest absolute Gasteiger partial charge is 0.339 e. The summed E-state index contributed by atoms with van der Waals surface area (Å²) in [6, 6.07) is 0. The first-order valence-corrected chi connectivity index (χ1v) is 9.13. The van der Waals surface area contributed by atoms with Gasteiger partial charge >= 0.3 is 5.97 Å². The van der Waals surface area contributed by atoms with Crippen LogP contribution < -0.4 is 5.32 Å². The van der Waals surface area contributed by atoms with Gasteiger partial charge in [0, 0.05) is 37.6 Å². The molecule has 0 spiro atoms. The third-order valence-electron chi connectivity index (χ3n) is 4.64. The van der Waals surface area contributed by atoms with Crippen molar-refractivity contribution >= 4 is 28.2 Å². The number of fused-ring (bicyclic) bond motifs is 1. The van der Waals surface area contributed by atoms with Crippen molar-refractivity contribution in [1.82, 2.24) is 9.80 Å². The first-order valence-electron chi connectivity index (χ1n) is 8.31. The molecular weight excluding hydrogens is 330 g/mol. The first kappa shape index (κ1) is 17.3. The van der Waals surface area contributed by atoms with Crippen LogP contribution in [0.2, 0.25) is 0 Å². The number of β-amino-alcohol motifs (C(OH)–C–C–N with tert-alkyl or cyclic N) is 1. The van der Waals surface area contributed by atoms with Gasteiger partial charge in [-0.05, 0) is 24.8 Å². The van der Waals surface area contributed by atoms with E-state index in [9.17, 15) is 14.7 Å². The molecule has 0 unspecified atom stereocenters. The predicted octanol–water partition coefficient (Wildman–Crippen LogP) is 0.483. The van der Waals surface area contributed by atoms with E-state index in [0.29, 0.717) is 11.5 Å². The molecule has 3 rings (SSSR count). The van der Waals surface area contributed by atoms with Crippen LogP contribution in [-0.2, 0) is 17.6 Å². The molecule has 2 heterocycles. The second-order valence-corrected chi connectivity index (χ2v) is 7.36. The summed E-state index contributed by atoms with van der Waals surface area (Å²) in [7, 11) is 0. The van der Waals surface area contributed by atoms with Gasteiger partial charge in [-0.1, -0.05) is 0 Å². The molecule has 132 valence electrons. The van der Waals surface area contributed by atoms with Crippen molar-refractivity contribution in [3.63, 3.8) is 0 Å². The zero-order valence-corrected chi connectivity index (χ0v) is 14.4. The summed E-state index contributed by atoms with van der Waals surface area (Å²) in [5, 5.41) is 21.7. The Morgan fingerprint density at radius 2 is 1.83 bits per heavy atom. The van der Waals surface area contributed by atoms with Crippen LogP contribution in [0.1, 0.15) is 27.2 Å². The molecule has 24 heavy (non-hydrogen) atoms. The number of aliphatic hydroxyl groups is 1. The van der Waals surface area contributed by atoms with E-state index in [1.165, 1.54) is 11.3 Å². The number of nitrogens with one attached hydrogen (secondary N) is 1. The van der Waals surface area contributed by atoms with E-state index in [2.05, 4.69) is 15.1 Å². The summed E-state index contributed by atoms with van der Waals surface area (Å²) in [5.41, 5.74) is 1.19. The quantitative estimate of drug-likeness (QED) is 0.689. The van der Waals surface area contributed by atoms with Gasteiger partial charge < -0.3 is 15.5 Å². The molecule has 0 atom stereocenters. The van der Waals surface area contributed by atoms with Crippen molar-refractivity contribution in [1.29, 1.82) is 0 Å². The lowest BCUT2D eigenvalue weighted by Crippen LogP contribution is -2.49. The fourth-order valence-electron chi connectivity index (χ4n) is 3.40. The maximum absolute atomic E-state index is 12.3. The Balaban J connectivity index is 1.57. The van der Waals surface area contributed by atoms with Crippen LogP contribution in [0.25, 0.3) is 0 Å². The van der Waals surface area contributed by atoms with Crippen molar-refractivity contribution < 1.29 is 19.8 Å². The highest BCUT2D eigenvalue weighted by atomic mass is 32.1. The Kier molecular flexibility index (Phi) is 5.50. The average Bonchev–Trinajstić information content (AvgIpc) is 3.09. The number of carboxylic acids is 1. The minimum absolute atomic E-state index is 0.154. The molecule has 1 aromatic rings. The SMILES string of the molecule is O=C(CN1CCN(CCO)CC1)Nc1sc2c(c1C(=O)O)CCC2. The number of thiophene rings is 1. The van der Waals surface area contributed by atoms with Crippen molar-refractivity contribution in [2.45, 2.75) is 19.3 Å². The number of carboxylic acid groups (broad SMARTS) is 1. The van der Waals surface area contributed by atoms with Crippen molar-refractivity contribution in [2.24, 2.45) is 0 Å². The van der Waals surface area contributed by atoms with E-state index < -0.39 is 5.97 Å². The normalized spacial score (nSPS) is 18.5. The lowest BCUT2D eigenvalue weighted by molar-refractivity contribution is -0.117. The number of piperazine rings is 1. The summed E-state index contributed by atoms with van der Waals surface area (Å²) in [4.78, 5) is 29.2. The van der Waals surface area contributed by atoms with Gasteiger partial charge in [-0.3, -0.25) is 14.6 Å². The topological polar surface area (TPSA) is 93.1 Å². The van der Waals surface area contributed by atoms with Crippen molar-refractivity contribution in [3.05, 3.63) is 16.0 Å². The Hall–Kier alpha value is -1.48. The molecule has 1 aromatic heterocycles. The van der Waals surface area contributed by atoms with Crippen molar-refractivity contribution in [2.75, 3.05) is 51.2 Å². The molecule has 1 fully saturated rings. The lowest BCUT2D eigenvalue weighted by Gasteiger charge is -2.33. The largest absolute Gasteiger partial charge is 0.478 e. The van der Waals surface area contributed by atoms with Gasteiger partial charge in [0.05, 0.1) is 18.7 Å². The van der Waals surface area contributed by atoms with Gasteiger partial charge in [0.25, 0.3) is 0 Å². The fourth-order valence-corrected chi connectivity index (χ4v) is 4.70. The van der Waals surface area contributed by atoms with Gasteiger partial charge in [-0.25, -0.2) is 4.79 Å². The van der Waals surface area contributed by atoms with Crippen LogP contribution >= 0.6 is 11.3 Å². The van der Waals surface area contributed by atoms with Gasteiger partial charge in [0.1, 0.15) is 5.00 Å². The second-order valence-electron chi connectivity index (χ2n) is 6.26. The van der Waals surface area contributed by atoms with Crippen LogP contribution in [0, 0.1) is 0 Å². The Morgan fingerprint density at radius 3 is 2.50 bits per heavy atom. The summed E-state index contributed by atoms with van der Waals surface area (Å²) in [5.74, 6) is -1.12. The zero-order chi connectivity index (χ0) is 17.1. The van der Waals surface area contributed by atoms with Gasteiger partial charge in [-0.15, -0.1) is 11.3 Å². The molecule has 1 saturated heterocycles. The molecule has 0 bridgehead atoms. The van der Waals surface area contributed by atoms with Crippen LogP contribution in [0.15, 0.2) is 0 Å². The molecule has 1 aliphatic carbocycles. The Morgan fingerprint density at radius 1 is 1.12 bits per heavy atom. The highest BCUT2D eigenvalue weighted by molar-refractivity contribution is 7.17. The number of hydrogen-bond donors (Lipinski definition) is 3. The Bertz CT molecular complexity index is 623. The van der Waals surface area contributed by atoms with Gasteiger partial charge in [-0.2, -0.15) is 0 Å². The molecule has 3 N–H and O–H groups in total. The molecule has 1 aliphatic heterocycles. The van der Waals surface area contributed by atoms with Crippen LogP contribution in [-0.4, -0.2) is 77.8 Å². The summed E-state index contributed by atoms with van der Waals surface area (Å²) in [6.45, 7) is 4.32. The third kappa shape index (κ3) is 3.77. The van der Waals surface area contributed by atoms with E-state index in [0.717, 1.165) is 55.9 Å². The standard InChI is InChI=1S/C16H23N3O4S/c20-9-8-18-4-6-19(7-5-18)10-13(21)17-15-14(16(22)23)11-2-1-3-12(11)24-15/h20H,1-10H2,(H,17,21)(H,22,23). The number of aromatic carboxylic acids is 1. The lowest BCUT2D eigenvalue weighted by atomic mass is 10.1. The highest BCUT2D eigenvalue weighted by Crippen LogP contribution is 2.39. The molecule has 1 amide bonds. The number of carbonyl (C=O) groups is 2. The van der Waals surface area contributed by atoms with E-state index in [-0.39, 0.29) is 24.6 Å². The number of anilines is 1. The monoisotopic (exact) mass is 353 g/mol. The molecule has 7 nitrogen and oxygen atoms in total. The van der Waals surface area contributed by atoms with Gasteiger partial charge in [0.2, 0.25) is 5.91 Å². The summed E-state index contributed by atoms with van der Waals surface area (Å²) < 4.78 is 0. The molecular formula is C16H23N3O4S. The third-order valence-corrected chi connectivity index (χ3v) is 5.84. The average molecular weight is 353 g/mol. The van der Waals surface area contributed by atoms with Crippen LogP contribution in [0.3, 0.4) is 0 Å². The second kappa shape index (κ2) is 7.60. The van der Waals surface area contributed by atoms with Gasteiger partial charge in [0.15, 0.2) is 0 Å². The summed E-state index contributed by atoms with van der Waals surface area (Å²) >= 11 is 1.41. The number of aliphatic hydroxyl groups excluding tert-OH is 1. The first-order chi connectivity index (χ1) is 11.6. The number of rotatable bonds is 6. The zero-order valence-electron chi connectivity index (χ0n) is 13.6. The fraction of sp³-hybridized carbons (Fsp3) is 0.625. The minimum Gasteiger partial charge on any atom is -0.478 e. The molecule has 0 saturated carbocycles. The number of hydrogen-bond acceptors (Lipinski definition) is 6. The van der Waals surface area contributed by atoms with E-state index in [1.54, 1.807) is 0 Å². The molecule has 2 aliphatic rings. The van der Waals surface area contributed by atoms with E-state index in [4.69, 9.17) is 5.11 Å². The van der Waals surface area contributed by atoms with Crippen molar-refractivity contribution in [3.8, 4) is 0 Å². The maximum atomic E-state index is 12.3. The molecule has 0 radical (unpaired) electrons. The highest BCUT2D eigenvalue weighted by Gasteiger charge is 2.27. The molecule has 0 aromatic carbocycles. The van der Waals surface area contributed by atoms with Crippen LogP contribution in [0.4, 0.5) is 5.00 Å². The van der Waals surface area contributed by atoms with Crippen LogP contribution in [0.5, 0.6) is 0 Å². The Labute approximate surface area is 144 Å².